The van der Waals surface area contributed by atoms with E-state index in [0.29, 0.717) is 6.42 Å². The Morgan fingerprint density at radius 3 is 2.65 bits per heavy atom. The van der Waals surface area contributed by atoms with Gasteiger partial charge in [-0.15, -0.1) is 12.4 Å². The summed E-state index contributed by atoms with van der Waals surface area (Å²) in [5, 5.41) is 6.33. The summed E-state index contributed by atoms with van der Waals surface area (Å²) in [5.74, 6) is 0.140. The monoisotopic (exact) mass is 303 g/mol. The molecule has 0 aromatic carbocycles. The molecule has 2 aliphatic rings. The van der Waals surface area contributed by atoms with Crippen LogP contribution in [0.1, 0.15) is 44.9 Å². The van der Waals surface area contributed by atoms with Crippen LogP contribution in [0.4, 0.5) is 0 Å². The maximum absolute atomic E-state index is 12.0. The van der Waals surface area contributed by atoms with Gasteiger partial charge in [0, 0.05) is 19.0 Å². The molecule has 0 bridgehead atoms. The second kappa shape index (κ2) is 9.19. The lowest BCUT2D eigenvalue weighted by Crippen LogP contribution is -2.47. The van der Waals surface area contributed by atoms with Gasteiger partial charge in [-0.2, -0.15) is 0 Å². The Bertz CT molecular complexity index is 320. The van der Waals surface area contributed by atoms with Crippen LogP contribution in [-0.4, -0.2) is 48.9 Å². The number of amides is 2. The average Bonchev–Trinajstić information content (AvgIpc) is 2.40. The number of hydrogen-bond acceptors (Lipinski definition) is 3. The highest BCUT2D eigenvalue weighted by atomic mass is 35.5. The highest BCUT2D eigenvalue weighted by Gasteiger charge is 2.20. The lowest BCUT2D eigenvalue weighted by Gasteiger charge is -2.27. The van der Waals surface area contributed by atoms with Crippen molar-refractivity contribution in [1.29, 1.82) is 0 Å². The van der Waals surface area contributed by atoms with Gasteiger partial charge in [0.2, 0.25) is 11.8 Å². The van der Waals surface area contributed by atoms with Gasteiger partial charge in [-0.3, -0.25) is 9.59 Å². The van der Waals surface area contributed by atoms with Crippen LogP contribution < -0.4 is 10.6 Å². The summed E-state index contributed by atoms with van der Waals surface area (Å²) < 4.78 is 0. The van der Waals surface area contributed by atoms with Crippen LogP contribution in [0, 0.1) is 0 Å². The number of carbonyl (C=O) groups is 2. The Balaban J connectivity index is 0.00000200. The summed E-state index contributed by atoms with van der Waals surface area (Å²) >= 11 is 0. The van der Waals surface area contributed by atoms with Gasteiger partial charge in [0.05, 0.1) is 6.54 Å². The molecule has 2 fully saturated rings. The molecule has 0 radical (unpaired) electrons. The minimum absolute atomic E-state index is 0. The predicted molar refractivity (Wildman–Crippen MR) is 80.9 cm³/mol. The van der Waals surface area contributed by atoms with Crippen LogP contribution in [-0.2, 0) is 9.59 Å². The fraction of sp³-hybridized carbons (Fsp3) is 0.857. The van der Waals surface area contributed by atoms with E-state index in [1.807, 2.05) is 0 Å². The summed E-state index contributed by atoms with van der Waals surface area (Å²) in [5.41, 5.74) is 0. The zero-order valence-electron chi connectivity index (χ0n) is 12.0. The number of likely N-dealkylation sites (tertiary alicyclic amines) is 1. The van der Waals surface area contributed by atoms with Gasteiger partial charge in [0.15, 0.2) is 0 Å². The molecule has 2 aliphatic heterocycles. The van der Waals surface area contributed by atoms with E-state index in [2.05, 4.69) is 10.6 Å². The van der Waals surface area contributed by atoms with E-state index in [4.69, 9.17) is 0 Å². The van der Waals surface area contributed by atoms with Gasteiger partial charge in [0.25, 0.3) is 0 Å². The van der Waals surface area contributed by atoms with Gasteiger partial charge in [-0.1, -0.05) is 12.8 Å². The number of rotatable bonds is 3. The van der Waals surface area contributed by atoms with Crippen LogP contribution >= 0.6 is 12.4 Å². The predicted octanol–water partition coefficient (Wildman–Crippen LogP) is 1.07. The third-order valence-corrected chi connectivity index (χ3v) is 3.96. The van der Waals surface area contributed by atoms with Crippen LogP contribution in [0.15, 0.2) is 0 Å². The Labute approximate surface area is 127 Å². The largest absolute Gasteiger partial charge is 0.352 e. The zero-order valence-corrected chi connectivity index (χ0v) is 12.8. The molecule has 0 aliphatic carbocycles. The minimum Gasteiger partial charge on any atom is -0.352 e. The highest BCUT2D eigenvalue weighted by Crippen LogP contribution is 2.11. The highest BCUT2D eigenvalue weighted by molar-refractivity contribution is 5.85. The van der Waals surface area contributed by atoms with E-state index in [1.54, 1.807) is 4.90 Å². The number of hydrogen-bond donors (Lipinski definition) is 2. The quantitative estimate of drug-likeness (QED) is 0.820. The van der Waals surface area contributed by atoms with Crippen molar-refractivity contribution >= 4 is 24.2 Å². The molecule has 6 heteroatoms. The molecular weight excluding hydrogens is 278 g/mol. The van der Waals surface area contributed by atoms with Crippen LogP contribution in [0.2, 0.25) is 0 Å². The van der Waals surface area contributed by atoms with Gasteiger partial charge in [0.1, 0.15) is 0 Å². The van der Waals surface area contributed by atoms with Gasteiger partial charge >= 0.3 is 0 Å². The molecule has 2 amide bonds. The first-order valence-corrected chi connectivity index (χ1v) is 7.53. The van der Waals surface area contributed by atoms with Crippen molar-refractivity contribution in [2.24, 2.45) is 0 Å². The average molecular weight is 304 g/mol. The van der Waals surface area contributed by atoms with Crippen LogP contribution in [0.5, 0.6) is 0 Å². The molecular formula is C14H26ClN3O2. The molecule has 0 spiro atoms. The molecule has 2 heterocycles. The second-order valence-corrected chi connectivity index (χ2v) is 5.57. The molecule has 0 unspecified atom stereocenters. The Morgan fingerprint density at radius 1 is 1.20 bits per heavy atom. The second-order valence-electron chi connectivity index (χ2n) is 5.57. The maximum atomic E-state index is 12.0. The fourth-order valence-corrected chi connectivity index (χ4v) is 2.80. The third kappa shape index (κ3) is 5.67. The number of nitrogens with one attached hydrogen (secondary N) is 2. The lowest BCUT2D eigenvalue weighted by molar-refractivity contribution is -0.136. The number of nitrogens with zero attached hydrogens (tertiary/aromatic N) is 1. The van der Waals surface area contributed by atoms with Crippen molar-refractivity contribution in [3.63, 3.8) is 0 Å². The summed E-state index contributed by atoms with van der Waals surface area (Å²) in [6.07, 6.45) is 6.86. The van der Waals surface area contributed by atoms with E-state index in [1.165, 1.54) is 6.42 Å². The molecule has 116 valence electrons. The van der Waals surface area contributed by atoms with Crippen molar-refractivity contribution < 1.29 is 9.59 Å². The zero-order chi connectivity index (χ0) is 13.5. The van der Waals surface area contributed by atoms with Gasteiger partial charge in [-0.25, -0.2) is 0 Å². The summed E-state index contributed by atoms with van der Waals surface area (Å²) in [6.45, 7) is 2.91. The van der Waals surface area contributed by atoms with Gasteiger partial charge < -0.3 is 15.5 Å². The van der Waals surface area contributed by atoms with Crippen molar-refractivity contribution in [2.75, 3.05) is 26.2 Å². The fourth-order valence-electron chi connectivity index (χ4n) is 2.80. The van der Waals surface area contributed by atoms with Crippen LogP contribution in [0.25, 0.3) is 0 Å². The topological polar surface area (TPSA) is 61.4 Å². The maximum Gasteiger partial charge on any atom is 0.239 e. The summed E-state index contributed by atoms with van der Waals surface area (Å²) in [4.78, 5) is 25.7. The smallest absolute Gasteiger partial charge is 0.239 e. The van der Waals surface area contributed by atoms with E-state index in [0.717, 1.165) is 51.7 Å². The third-order valence-electron chi connectivity index (χ3n) is 3.96. The Kier molecular flexibility index (Phi) is 7.92. The van der Waals surface area contributed by atoms with Crippen molar-refractivity contribution in [1.82, 2.24) is 15.5 Å². The Morgan fingerprint density at radius 2 is 1.90 bits per heavy atom. The van der Waals surface area contributed by atoms with Crippen LogP contribution in [0.3, 0.4) is 0 Å². The molecule has 2 rings (SSSR count). The molecule has 2 saturated heterocycles. The lowest BCUT2D eigenvalue weighted by atomic mass is 10.1. The van der Waals surface area contributed by atoms with E-state index in [-0.39, 0.29) is 36.8 Å². The number of piperidine rings is 1. The molecule has 2 N–H and O–H groups in total. The first-order chi connectivity index (χ1) is 9.25. The molecule has 0 aromatic heterocycles. The van der Waals surface area contributed by atoms with Crippen molar-refractivity contribution in [3.8, 4) is 0 Å². The summed E-state index contributed by atoms with van der Waals surface area (Å²) in [6, 6.07) is 0.276. The van der Waals surface area contributed by atoms with E-state index in [9.17, 15) is 9.59 Å². The Hall–Kier alpha value is -0.810. The first kappa shape index (κ1) is 17.2. The molecule has 20 heavy (non-hydrogen) atoms. The molecule has 0 saturated carbocycles. The molecule has 5 nitrogen and oxygen atoms in total. The standard InChI is InChI=1S/C14H25N3O2.ClH/c18-13(16-12-6-8-15-9-7-12)11-17-10-4-2-1-3-5-14(17)19;/h12,15H,1-11H2,(H,16,18);1H. The number of carbonyl (C=O) groups excluding carboxylic acids is 2. The molecule has 0 aromatic rings. The van der Waals surface area contributed by atoms with Crippen molar-refractivity contribution in [2.45, 2.75) is 51.0 Å². The van der Waals surface area contributed by atoms with Crippen molar-refractivity contribution in [3.05, 3.63) is 0 Å². The van der Waals surface area contributed by atoms with E-state index >= 15 is 0 Å². The van der Waals surface area contributed by atoms with E-state index < -0.39 is 0 Å². The number of halogens is 1. The normalized spacial score (nSPS) is 21.6. The minimum atomic E-state index is 0. The first-order valence-electron chi connectivity index (χ1n) is 7.53. The SMILES string of the molecule is Cl.O=C(CN1CCCCCCC1=O)NC1CCNCC1. The molecule has 0 atom stereocenters. The van der Waals surface area contributed by atoms with Gasteiger partial charge in [-0.05, 0) is 38.8 Å². The summed E-state index contributed by atoms with van der Waals surface area (Å²) in [7, 11) is 0.